The Labute approximate surface area is 186 Å². The summed E-state index contributed by atoms with van der Waals surface area (Å²) in [6.07, 6.45) is 4.85. The summed E-state index contributed by atoms with van der Waals surface area (Å²) >= 11 is 1.68. The molecule has 1 N–H and O–H groups in total. The smallest absolute Gasteiger partial charge is 0.163 e. The number of nitrogens with one attached hydrogen (secondary N) is 1. The first-order chi connectivity index (χ1) is 15.3. The molecule has 0 amide bonds. The average molecular weight is 425 g/mol. The molecule has 1 unspecified atom stereocenters. The lowest BCUT2D eigenvalue weighted by atomic mass is 9.98. The van der Waals surface area contributed by atoms with Crippen LogP contribution in [0.15, 0.2) is 89.9 Å². The monoisotopic (exact) mass is 424 g/mol. The molecule has 0 aliphatic rings. The zero-order valence-corrected chi connectivity index (χ0v) is 18.2. The molecule has 0 spiro atoms. The van der Waals surface area contributed by atoms with E-state index in [1.54, 1.807) is 11.3 Å². The maximum atomic E-state index is 4.64. The van der Waals surface area contributed by atoms with Crippen molar-refractivity contribution >= 4 is 22.7 Å². The van der Waals surface area contributed by atoms with Crippen molar-refractivity contribution in [1.82, 2.24) is 14.6 Å². The molecule has 0 bridgehead atoms. The third-order valence-corrected chi connectivity index (χ3v) is 6.35. The van der Waals surface area contributed by atoms with Crippen LogP contribution in [0.3, 0.4) is 0 Å². The first-order valence-corrected chi connectivity index (χ1v) is 11.5. The summed E-state index contributed by atoms with van der Waals surface area (Å²) in [5, 5.41) is 12.4. The van der Waals surface area contributed by atoms with Crippen molar-refractivity contribution in [3.63, 3.8) is 0 Å². The minimum atomic E-state index is 0.524. The molecule has 5 rings (SSSR count). The lowest BCUT2D eigenvalue weighted by Gasteiger charge is -2.14. The molecule has 0 aliphatic carbocycles. The van der Waals surface area contributed by atoms with E-state index >= 15 is 0 Å². The molecule has 5 aromatic rings. The van der Waals surface area contributed by atoms with E-state index < -0.39 is 0 Å². The maximum absolute atomic E-state index is 4.64. The number of anilines is 1. The summed E-state index contributed by atoms with van der Waals surface area (Å²) in [5.41, 5.74) is 7.76. The minimum Gasteiger partial charge on any atom is -0.385 e. The number of benzene rings is 2. The highest BCUT2D eigenvalue weighted by Gasteiger charge is 2.12. The van der Waals surface area contributed by atoms with Gasteiger partial charge >= 0.3 is 0 Å². The van der Waals surface area contributed by atoms with Gasteiger partial charge in [0, 0.05) is 29.6 Å². The van der Waals surface area contributed by atoms with E-state index in [1.165, 1.54) is 5.56 Å². The fourth-order valence-electron chi connectivity index (χ4n) is 3.90. The number of hydrogen-bond acceptors (Lipinski definition) is 4. The Kier molecular flexibility index (Phi) is 5.50. The van der Waals surface area contributed by atoms with Gasteiger partial charge in [-0.05, 0) is 58.5 Å². The third-order valence-electron chi connectivity index (χ3n) is 5.67. The van der Waals surface area contributed by atoms with Crippen LogP contribution in [0.5, 0.6) is 0 Å². The van der Waals surface area contributed by atoms with Gasteiger partial charge in [-0.25, -0.2) is 9.50 Å². The van der Waals surface area contributed by atoms with Crippen LogP contribution in [0, 0.1) is 0 Å². The zero-order chi connectivity index (χ0) is 21.0. The molecule has 31 heavy (non-hydrogen) atoms. The first-order valence-electron chi connectivity index (χ1n) is 10.5. The summed E-state index contributed by atoms with van der Waals surface area (Å²) in [4.78, 5) is 4.59. The lowest BCUT2D eigenvalue weighted by molar-refractivity contribution is 0.706. The second-order valence-electron chi connectivity index (χ2n) is 7.74. The fraction of sp³-hybridized carbons (Fsp3) is 0.154. The highest BCUT2D eigenvalue weighted by molar-refractivity contribution is 7.08. The Hall–Kier alpha value is -3.44. The van der Waals surface area contributed by atoms with Gasteiger partial charge in [0.05, 0.1) is 11.9 Å². The largest absolute Gasteiger partial charge is 0.385 e. The normalized spacial score (nSPS) is 12.2. The quantitative estimate of drug-likeness (QED) is 0.315. The van der Waals surface area contributed by atoms with Gasteiger partial charge in [0.15, 0.2) is 5.65 Å². The summed E-state index contributed by atoms with van der Waals surface area (Å²) in [6, 6.07) is 23.3. The van der Waals surface area contributed by atoms with Crippen molar-refractivity contribution in [3.8, 4) is 22.4 Å². The molecule has 0 aliphatic heterocycles. The van der Waals surface area contributed by atoms with Crippen molar-refractivity contribution < 1.29 is 0 Å². The van der Waals surface area contributed by atoms with E-state index in [0.29, 0.717) is 5.92 Å². The van der Waals surface area contributed by atoms with Gasteiger partial charge in [0.2, 0.25) is 0 Å². The van der Waals surface area contributed by atoms with E-state index in [4.69, 9.17) is 0 Å². The molecular formula is C26H24N4S. The molecule has 2 aromatic carbocycles. The molecular weight excluding hydrogens is 400 g/mol. The second kappa shape index (κ2) is 8.74. The SMILES string of the molecule is CC(CCNc1cccc(-c2ccnc3c(-c4ccsc4)cnn23)c1)c1ccccc1. The Balaban J connectivity index is 1.35. The zero-order valence-electron chi connectivity index (χ0n) is 17.4. The van der Waals surface area contributed by atoms with E-state index in [2.05, 4.69) is 93.7 Å². The number of hydrogen-bond donors (Lipinski definition) is 1. The molecule has 0 saturated heterocycles. The number of fused-ring (bicyclic) bond motifs is 1. The van der Waals surface area contributed by atoms with Gasteiger partial charge in [0.25, 0.3) is 0 Å². The van der Waals surface area contributed by atoms with Gasteiger partial charge in [0.1, 0.15) is 0 Å². The number of aromatic nitrogens is 3. The van der Waals surface area contributed by atoms with Crippen LogP contribution in [0.1, 0.15) is 24.8 Å². The Bertz CT molecular complexity index is 1280. The number of rotatable bonds is 7. The highest BCUT2D eigenvalue weighted by Crippen LogP contribution is 2.29. The number of nitrogens with zero attached hydrogens (tertiary/aromatic N) is 3. The highest BCUT2D eigenvalue weighted by atomic mass is 32.1. The Morgan fingerprint density at radius 3 is 2.74 bits per heavy atom. The summed E-state index contributed by atoms with van der Waals surface area (Å²) in [7, 11) is 0. The van der Waals surface area contributed by atoms with Crippen LogP contribution < -0.4 is 5.32 Å². The molecule has 1 atom stereocenters. The van der Waals surface area contributed by atoms with Crippen LogP contribution in [-0.2, 0) is 0 Å². The minimum absolute atomic E-state index is 0.524. The lowest BCUT2D eigenvalue weighted by Crippen LogP contribution is -2.06. The van der Waals surface area contributed by atoms with Gasteiger partial charge in [-0.2, -0.15) is 16.4 Å². The first kappa shape index (κ1) is 19.5. The molecule has 0 radical (unpaired) electrons. The van der Waals surface area contributed by atoms with E-state index in [1.807, 2.05) is 23.0 Å². The molecule has 5 heteroatoms. The van der Waals surface area contributed by atoms with Crippen LogP contribution in [0.4, 0.5) is 5.69 Å². The van der Waals surface area contributed by atoms with E-state index in [0.717, 1.165) is 46.7 Å². The van der Waals surface area contributed by atoms with Crippen molar-refractivity contribution in [2.75, 3.05) is 11.9 Å². The maximum Gasteiger partial charge on any atom is 0.163 e. The van der Waals surface area contributed by atoms with Crippen molar-refractivity contribution in [2.45, 2.75) is 19.3 Å². The Morgan fingerprint density at radius 1 is 1.00 bits per heavy atom. The molecule has 0 fully saturated rings. The van der Waals surface area contributed by atoms with Crippen LogP contribution in [0.2, 0.25) is 0 Å². The van der Waals surface area contributed by atoms with Crippen LogP contribution >= 0.6 is 11.3 Å². The molecule has 3 heterocycles. The van der Waals surface area contributed by atoms with Gasteiger partial charge in [-0.15, -0.1) is 0 Å². The van der Waals surface area contributed by atoms with Crippen LogP contribution in [0.25, 0.3) is 28.0 Å². The van der Waals surface area contributed by atoms with E-state index in [-0.39, 0.29) is 0 Å². The van der Waals surface area contributed by atoms with Crippen molar-refractivity contribution in [1.29, 1.82) is 0 Å². The summed E-state index contributed by atoms with van der Waals surface area (Å²) in [6.45, 7) is 3.21. The third kappa shape index (κ3) is 4.09. The van der Waals surface area contributed by atoms with Gasteiger partial charge in [-0.1, -0.05) is 49.4 Å². The Morgan fingerprint density at radius 2 is 1.90 bits per heavy atom. The summed E-state index contributed by atoms with van der Waals surface area (Å²) in [5.74, 6) is 0.524. The van der Waals surface area contributed by atoms with Crippen molar-refractivity contribution in [3.05, 3.63) is 95.4 Å². The number of thiophene rings is 1. The fourth-order valence-corrected chi connectivity index (χ4v) is 4.56. The van der Waals surface area contributed by atoms with Crippen molar-refractivity contribution in [2.24, 2.45) is 0 Å². The molecule has 0 saturated carbocycles. The van der Waals surface area contributed by atoms with Gasteiger partial charge in [-0.3, -0.25) is 0 Å². The average Bonchev–Trinajstić information content (AvgIpc) is 3.49. The molecule has 3 aromatic heterocycles. The van der Waals surface area contributed by atoms with E-state index in [9.17, 15) is 0 Å². The predicted octanol–water partition coefficient (Wildman–Crippen LogP) is 6.73. The molecule has 4 nitrogen and oxygen atoms in total. The topological polar surface area (TPSA) is 42.2 Å². The summed E-state index contributed by atoms with van der Waals surface area (Å²) < 4.78 is 1.93. The van der Waals surface area contributed by atoms with Crippen LogP contribution in [-0.4, -0.2) is 21.1 Å². The predicted molar refractivity (Wildman–Crippen MR) is 130 cm³/mol. The standard InChI is InChI=1S/C26H24N4S/c1-19(20-6-3-2-4-7-20)10-13-27-23-9-5-8-21(16-23)25-11-14-28-26-24(17-29-30(25)26)22-12-15-31-18-22/h2-9,11-12,14-19,27H,10,13H2,1H3. The second-order valence-corrected chi connectivity index (χ2v) is 8.52. The van der Waals surface area contributed by atoms with Gasteiger partial charge < -0.3 is 5.32 Å². The molecule has 154 valence electrons.